The summed E-state index contributed by atoms with van der Waals surface area (Å²) in [5, 5.41) is 0. The van der Waals surface area contributed by atoms with E-state index >= 15 is 0 Å². The van der Waals surface area contributed by atoms with E-state index in [2.05, 4.69) is 0 Å². The number of hydrogen-bond donors (Lipinski definition) is 0. The summed E-state index contributed by atoms with van der Waals surface area (Å²) >= 11 is 20.7. The van der Waals surface area contributed by atoms with Crippen LogP contribution >= 0.6 is 76.3 Å². The highest BCUT2D eigenvalue weighted by molar-refractivity contribution is 9.19. The van der Waals surface area contributed by atoms with E-state index in [9.17, 15) is 0 Å². The number of hydrogen-bond acceptors (Lipinski definition) is 9. The van der Waals surface area contributed by atoms with Gasteiger partial charge >= 0.3 is 0 Å². The average molecular weight is 581 g/mol. The highest BCUT2D eigenvalue weighted by Crippen LogP contribution is 2.71. The monoisotopic (exact) mass is 580 g/mol. The van der Waals surface area contributed by atoms with Crippen LogP contribution in [0.3, 0.4) is 0 Å². The third-order valence-electron chi connectivity index (χ3n) is 4.02. The van der Waals surface area contributed by atoms with Crippen LogP contribution in [0.5, 0.6) is 17.2 Å². The molecule has 0 amide bonds. The van der Waals surface area contributed by atoms with Crippen LogP contribution in [0.15, 0.2) is 72.8 Å². The van der Waals surface area contributed by atoms with Crippen molar-refractivity contribution in [1.82, 2.24) is 0 Å². The summed E-state index contributed by atoms with van der Waals surface area (Å²) < 4.78 is 18.8. The van der Waals surface area contributed by atoms with Crippen LogP contribution in [0.25, 0.3) is 0 Å². The second kappa shape index (κ2) is 13.8. The smallest absolute Gasteiger partial charge is 0.231 e. The first-order valence-electron chi connectivity index (χ1n) is 9.96. The Morgan fingerprint density at radius 2 is 0.853 bits per heavy atom. The Morgan fingerprint density at radius 3 is 1.12 bits per heavy atom. The largest absolute Gasteiger partial charge is 0.439 e. The van der Waals surface area contributed by atoms with Gasteiger partial charge < -0.3 is 14.2 Å². The van der Waals surface area contributed by atoms with Crippen molar-refractivity contribution in [2.24, 2.45) is 0 Å². The van der Waals surface area contributed by atoms with Crippen molar-refractivity contribution < 1.29 is 14.2 Å². The van der Waals surface area contributed by atoms with Crippen LogP contribution in [0.4, 0.5) is 0 Å². The molecule has 0 radical (unpaired) electrons. The molecule has 34 heavy (non-hydrogen) atoms. The SMILES string of the molecule is Cc1cccc(OC(=S)SP(SC(=S)Oc2cccc(C)c2)SC(=S)Oc2cccc(C)c2)c1. The normalized spacial score (nSPS) is 10.6. The zero-order valence-electron chi connectivity index (χ0n) is 18.5. The second-order valence-corrected chi connectivity index (χ2v) is 18.0. The topological polar surface area (TPSA) is 27.7 Å². The molecule has 0 heterocycles. The fourth-order valence-corrected chi connectivity index (χ4v) is 14.8. The summed E-state index contributed by atoms with van der Waals surface area (Å²) in [7, 11) is 0. The quantitative estimate of drug-likeness (QED) is 0.209. The van der Waals surface area contributed by atoms with E-state index in [1.165, 1.54) is 34.1 Å². The van der Waals surface area contributed by atoms with Crippen LogP contribution in [0.2, 0.25) is 0 Å². The van der Waals surface area contributed by atoms with Gasteiger partial charge in [-0.2, -0.15) is 0 Å². The Morgan fingerprint density at radius 1 is 0.559 bits per heavy atom. The molecule has 0 saturated carbocycles. The zero-order chi connectivity index (χ0) is 24.5. The number of rotatable bonds is 6. The van der Waals surface area contributed by atoms with E-state index in [1.807, 2.05) is 93.6 Å². The van der Waals surface area contributed by atoms with Gasteiger partial charge in [-0.3, -0.25) is 0 Å². The third kappa shape index (κ3) is 9.82. The molecular formula is C24H21O3PS6. The van der Waals surface area contributed by atoms with Gasteiger partial charge in [-0.25, -0.2) is 0 Å². The summed E-state index contributed by atoms with van der Waals surface area (Å²) in [6.07, 6.45) is 0. The minimum atomic E-state index is -1.04. The Bertz CT molecular complexity index is 1040. The van der Waals surface area contributed by atoms with Crippen LogP contribution < -0.4 is 14.2 Å². The average Bonchev–Trinajstić information content (AvgIpc) is 2.73. The van der Waals surface area contributed by atoms with Gasteiger partial charge in [0.25, 0.3) is 0 Å². The van der Waals surface area contributed by atoms with Crippen molar-refractivity contribution in [3.8, 4) is 17.2 Å². The lowest BCUT2D eigenvalue weighted by Gasteiger charge is -2.17. The van der Waals surface area contributed by atoms with Gasteiger partial charge in [0.05, 0.1) is 5.53 Å². The van der Waals surface area contributed by atoms with E-state index in [1.54, 1.807) is 0 Å². The molecule has 10 heteroatoms. The maximum absolute atomic E-state index is 5.87. The fraction of sp³-hybridized carbons (Fsp3) is 0.125. The van der Waals surface area contributed by atoms with E-state index < -0.39 is 5.53 Å². The summed E-state index contributed by atoms with van der Waals surface area (Å²) in [6.45, 7) is 6.01. The fourth-order valence-electron chi connectivity index (χ4n) is 2.62. The molecule has 3 aromatic carbocycles. The van der Waals surface area contributed by atoms with Crippen molar-refractivity contribution in [3.05, 3.63) is 89.5 Å². The number of aryl methyl sites for hydroxylation is 3. The van der Waals surface area contributed by atoms with E-state index in [0.29, 0.717) is 30.4 Å². The van der Waals surface area contributed by atoms with Crippen LogP contribution in [0, 0.1) is 20.8 Å². The number of benzene rings is 3. The van der Waals surface area contributed by atoms with Gasteiger partial charge in [0.2, 0.25) is 13.1 Å². The van der Waals surface area contributed by atoms with E-state index in [0.717, 1.165) is 16.7 Å². The molecule has 0 aliphatic rings. The molecular weight excluding hydrogens is 560 g/mol. The maximum Gasteiger partial charge on any atom is 0.231 e. The molecule has 0 fully saturated rings. The first-order valence-corrected chi connectivity index (χ1v) is 16.8. The van der Waals surface area contributed by atoms with Gasteiger partial charge in [-0.1, -0.05) is 36.4 Å². The predicted molar refractivity (Wildman–Crippen MR) is 163 cm³/mol. The molecule has 176 valence electrons. The molecule has 3 rings (SSSR count). The number of ether oxygens (including phenoxy) is 3. The lowest BCUT2D eigenvalue weighted by Crippen LogP contribution is -2.03. The summed E-state index contributed by atoms with van der Waals surface area (Å²) in [5.41, 5.74) is 2.24. The lowest BCUT2D eigenvalue weighted by molar-refractivity contribution is 0.579. The van der Waals surface area contributed by atoms with Crippen LogP contribution in [0.1, 0.15) is 16.7 Å². The number of thiocarbonyl (C=S) groups is 3. The second-order valence-electron chi connectivity index (χ2n) is 7.00. The van der Waals surface area contributed by atoms with Crippen molar-refractivity contribution in [2.75, 3.05) is 0 Å². The summed E-state index contributed by atoms with van der Waals surface area (Å²) in [6, 6.07) is 23.2. The van der Waals surface area contributed by atoms with Crippen LogP contribution in [-0.2, 0) is 0 Å². The Labute approximate surface area is 229 Å². The van der Waals surface area contributed by atoms with Gasteiger partial charge in [0.15, 0.2) is 0 Å². The molecule has 3 aromatic rings. The van der Waals surface area contributed by atoms with Crippen molar-refractivity contribution in [2.45, 2.75) is 20.8 Å². The van der Waals surface area contributed by atoms with Crippen molar-refractivity contribution >= 4 is 89.5 Å². The summed E-state index contributed by atoms with van der Waals surface area (Å²) in [4.78, 5) is 0. The van der Waals surface area contributed by atoms with Crippen molar-refractivity contribution in [3.63, 3.8) is 0 Å². The maximum atomic E-state index is 5.87. The molecule has 0 aliphatic heterocycles. The Kier molecular flexibility index (Phi) is 11.1. The molecule has 0 bridgehead atoms. The molecule has 0 atom stereocenters. The standard InChI is InChI=1S/C24H21O3PS6/c1-16-7-4-10-19(13-16)25-22(29)32-28(33-23(30)26-20-11-5-8-17(2)14-20)34-24(31)27-21-12-6-9-18(3)15-21/h4-15H,1-3H3. The highest BCUT2D eigenvalue weighted by atomic mass is 33.4. The highest BCUT2D eigenvalue weighted by Gasteiger charge is 2.22. The molecule has 0 aromatic heterocycles. The summed E-state index contributed by atoms with van der Waals surface area (Å²) in [5.74, 6) is 2.08. The predicted octanol–water partition coefficient (Wildman–Crippen LogP) is 9.43. The van der Waals surface area contributed by atoms with E-state index in [4.69, 9.17) is 50.9 Å². The Balaban J connectivity index is 1.66. The Hall–Kier alpha value is -1.19. The van der Waals surface area contributed by atoms with Crippen LogP contribution in [-0.4, -0.2) is 13.1 Å². The van der Waals surface area contributed by atoms with Gasteiger partial charge in [-0.15, -0.1) is 0 Å². The first kappa shape index (κ1) is 27.4. The van der Waals surface area contributed by atoms with Gasteiger partial charge in [0.1, 0.15) is 17.2 Å². The lowest BCUT2D eigenvalue weighted by atomic mass is 10.2. The molecule has 0 aliphatic carbocycles. The molecule has 3 nitrogen and oxygen atoms in total. The van der Waals surface area contributed by atoms with E-state index in [-0.39, 0.29) is 0 Å². The molecule has 0 saturated heterocycles. The minimum absolute atomic E-state index is 0.383. The third-order valence-corrected chi connectivity index (χ3v) is 14.1. The van der Waals surface area contributed by atoms with Gasteiger partial charge in [-0.05, 0) is 145 Å². The zero-order valence-corrected chi connectivity index (χ0v) is 24.3. The van der Waals surface area contributed by atoms with Gasteiger partial charge in [0, 0.05) is 0 Å². The molecule has 0 spiro atoms. The van der Waals surface area contributed by atoms with Crippen molar-refractivity contribution in [1.29, 1.82) is 0 Å². The molecule has 0 unspecified atom stereocenters. The first-order chi connectivity index (χ1) is 16.3. The minimum Gasteiger partial charge on any atom is -0.439 e. The molecule has 0 N–H and O–H groups in total.